The van der Waals surface area contributed by atoms with E-state index in [0.717, 1.165) is 0 Å². The molecule has 0 aromatic heterocycles. The van der Waals surface area contributed by atoms with Crippen molar-refractivity contribution >= 4 is 0 Å². The van der Waals surface area contributed by atoms with Crippen molar-refractivity contribution in [2.24, 2.45) is 5.41 Å². The highest BCUT2D eigenvalue weighted by molar-refractivity contribution is 5.41. The first kappa shape index (κ1) is 16.5. The SMILES string of the molecule is C=C/C=C(C)/C=C/C(C)=C/C=C1\C(C)=CCCC1(C)C. The van der Waals surface area contributed by atoms with Crippen LogP contribution in [-0.4, -0.2) is 0 Å². The second kappa shape index (κ2) is 7.28. The maximum Gasteiger partial charge on any atom is -0.00981 e. The van der Waals surface area contributed by atoms with Crippen molar-refractivity contribution < 1.29 is 0 Å². The lowest BCUT2D eigenvalue weighted by molar-refractivity contribution is 0.404. The van der Waals surface area contributed by atoms with Crippen LogP contribution in [0.3, 0.4) is 0 Å². The van der Waals surface area contributed by atoms with E-state index < -0.39 is 0 Å². The second-order valence-electron chi connectivity index (χ2n) is 6.28. The highest BCUT2D eigenvalue weighted by Gasteiger charge is 2.26. The van der Waals surface area contributed by atoms with Crippen LogP contribution in [0.2, 0.25) is 0 Å². The number of hydrogen-bond donors (Lipinski definition) is 0. The van der Waals surface area contributed by atoms with Crippen LogP contribution in [0.4, 0.5) is 0 Å². The fourth-order valence-electron chi connectivity index (χ4n) is 2.56. The van der Waals surface area contributed by atoms with Gasteiger partial charge in [-0.2, -0.15) is 0 Å². The predicted octanol–water partition coefficient (Wildman–Crippen LogP) is 6.31. The summed E-state index contributed by atoms with van der Waals surface area (Å²) in [6.45, 7) is 14.8. The van der Waals surface area contributed by atoms with Gasteiger partial charge in [0.1, 0.15) is 0 Å². The van der Waals surface area contributed by atoms with Gasteiger partial charge in [-0.15, -0.1) is 0 Å². The zero-order valence-corrected chi connectivity index (χ0v) is 13.7. The van der Waals surface area contributed by atoms with Crippen LogP contribution in [0.25, 0.3) is 0 Å². The van der Waals surface area contributed by atoms with Gasteiger partial charge < -0.3 is 0 Å². The Hall–Kier alpha value is -1.56. The topological polar surface area (TPSA) is 0 Å². The van der Waals surface area contributed by atoms with Crippen molar-refractivity contribution in [2.45, 2.75) is 47.5 Å². The van der Waals surface area contributed by atoms with Gasteiger partial charge in [0.05, 0.1) is 0 Å². The van der Waals surface area contributed by atoms with E-state index in [4.69, 9.17) is 0 Å². The van der Waals surface area contributed by atoms with Gasteiger partial charge in [0.2, 0.25) is 0 Å². The van der Waals surface area contributed by atoms with Gasteiger partial charge in [0.15, 0.2) is 0 Å². The molecule has 0 unspecified atom stereocenters. The fourth-order valence-corrected chi connectivity index (χ4v) is 2.56. The summed E-state index contributed by atoms with van der Waals surface area (Å²) < 4.78 is 0. The van der Waals surface area contributed by atoms with Crippen molar-refractivity contribution in [1.82, 2.24) is 0 Å². The molecule has 0 radical (unpaired) electrons. The Morgan fingerprint density at radius 2 is 1.75 bits per heavy atom. The molecule has 0 atom stereocenters. The zero-order chi connectivity index (χ0) is 15.2. The molecule has 0 aliphatic heterocycles. The van der Waals surface area contributed by atoms with E-state index in [9.17, 15) is 0 Å². The van der Waals surface area contributed by atoms with Crippen molar-refractivity contribution in [1.29, 1.82) is 0 Å². The fraction of sp³-hybridized carbons (Fsp3) is 0.400. The molecule has 0 N–H and O–H groups in total. The predicted molar refractivity (Wildman–Crippen MR) is 91.7 cm³/mol. The highest BCUT2D eigenvalue weighted by atomic mass is 14.3. The molecule has 1 aliphatic carbocycles. The maximum absolute atomic E-state index is 3.71. The number of hydrogen-bond acceptors (Lipinski definition) is 0. The van der Waals surface area contributed by atoms with E-state index in [0.29, 0.717) is 0 Å². The first-order valence-electron chi connectivity index (χ1n) is 7.40. The van der Waals surface area contributed by atoms with Crippen molar-refractivity contribution in [3.05, 3.63) is 71.4 Å². The molecule has 0 spiro atoms. The van der Waals surface area contributed by atoms with Crippen LogP contribution >= 0.6 is 0 Å². The van der Waals surface area contributed by atoms with Gasteiger partial charge in [0, 0.05) is 0 Å². The minimum absolute atomic E-state index is 0.290. The molecule has 0 saturated carbocycles. The Labute approximate surface area is 125 Å². The third kappa shape index (κ3) is 4.85. The normalized spacial score (nSPS) is 22.2. The van der Waals surface area contributed by atoms with Crippen LogP contribution in [0.1, 0.15) is 47.5 Å². The van der Waals surface area contributed by atoms with Crippen LogP contribution in [0, 0.1) is 5.41 Å². The molecule has 0 bridgehead atoms. The van der Waals surface area contributed by atoms with Crippen LogP contribution < -0.4 is 0 Å². The third-order valence-electron chi connectivity index (χ3n) is 3.88. The van der Waals surface area contributed by atoms with E-state index >= 15 is 0 Å². The molecular weight excluding hydrogens is 240 g/mol. The first-order chi connectivity index (χ1) is 9.36. The number of allylic oxidation sites excluding steroid dienone is 11. The smallest absolute Gasteiger partial charge is 0.00981 e. The quantitative estimate of drug-likeness (QED) is 0.524. The van der Waals surface area contributed by atoms with Gasteiger partial charge >= 0.3 is 0 Å². The Kier molecular flexibility index (Phi) is 6.01. The molecule has 0 nitrogen and oxygen atoms in total. The summed E-state index contributed by atoms with van der Waals surface area (Å²) in [5.74, 6) is 0. The van der Waals surface area contributed by atoms with Gasteiger partial charge in [-0.25, -0.2) is 0 Å². The Morgan fingerprint density at radius 3 is 2.30 bits per heavy atom. The van der Waals surface area contributed by atoms with Crippen LogP contribution in [-0.2, 0) is 0 Å². The van der Waals surface area contributed by atoms with E-state index in [2.05, 4.69) is 71.6 Å². The average Bonchev–Trinajstić information content (AvgIpc) is 2.35. The summed E-state index contributed by atoms with van der Waals surface area (Å²) in [6, 6.07) is 0. The zero-order valence-electron chi connectivity index (χ0n) is 13.7. The summed E-state index contributed by atoms with van der Waals surface area (Å²) in [5.41, 5.74) is 5.67. The molecule has 0 heterocycles. The molecule has 20 heavy (non-hydrogen) atoms. The maximum atomic E-state index is 3.71. The molecule has 0 aromatic rings. The van der Waals surface area contributed by atoms with Crippen LogP contribution in [0.5, 0.6) is 0 Å². The van der Waals surface area contributed by atoms with E-state index in [1.54, 1.807) is 0 Å². The van der Waals surface area contributed by atoms with Gasteiger partial charge in [-0.05, 0) is 44.6 Å². The average molecular weight is 268 g/mol. The summed E-state index contributed by atoms with van der Waals surface area (Å²) >= 11 is 0. The van der Waals surface area contributed by atoms with Crippen molar-refractivity contribution in [2.75, 3.05) is 0 Å². The Morgan fingerprint density at radius 1 is 1.15 bits per heavy atom. The first-order valence-corrected chi connectivity index (χ1v) is 7.40. The standard InChI is InChI=1S/C20H28/c1-7-9-16(2)11-12-17(3)13-14-19-18(4)10-8-15-20(19,5)6/h7,9-14H,1,8,15H2,2-6H3/b12-11+,16-9+,17-13+,19-14+. The van der Waals surface area contributed by atoms with Crippen molar-refractivity contribution in [3.8, 4) is 0 Å². The molecule has 0 saturated heterocycles. The lowest BCUT2D eigenvalue weighted by Crippen LogP contribution is -2.18. The molecule has 0 aromatic carbocycles. The van der Waals surface area contributed by atoms with Crippen LogP contribution in [0.15, 0.2) is 71.4 Å². The Bertz CT molecular complexity index is 502. The molecule has 1 aliphatic rings. The lowest BCUT2D eigenvalue weighted by Gasteiger charge is -2.32. The van der Waals surface area contributed by atoms with E-state index in [-0.39, 0.29) is 5.41 Å². The minimum Gasteiger partial charge on any atom is -0.0991 e. The van der Waals surface area contributed by atoms with E-state index in [1.165, 1.54) is 35.1 Å². The Balaban J connectivity index is 2.91. The molecule has 0 fully saturated rings. The van der Waals surface area contributed by atoms with Gasteiger partial charge in [-0.3, -0.25) is 0 Å². The largest absolute Gasteiger partial charge is 0.0991 e. The number of rotatable bonds is 4. The molecule has 0 amide bonds. The summed E-state index contributed by atoms with van der Waals surface area (Å²) in [6.07, 6.45) is 17.4. The monoisotopic (exact) mass is 268 g/mol. The minimum atomic E-state index is 0.290. The molecule has 0 heteroatoms. The lowest BCUT2D eigenvalue weighted by atomic mass is 9.73. The molecule has 108 valence electrons. The summed E-state index contributed by atoms with van der Waals surface area (Å²) in [4.78, 5) is 0. The summed E-state index contributed by atoms with van der Waals surface area (Å²) in [5, 5.41) is 0. The summed E-state index contributed by atoms with van der Waals surface area (Å²) in [7, 11) is 0. The molecular formula is C20H28. The second-order valence-corrected chi connectivity index (χ2v) is 6.28. The van der Waals surface area contributed by atoms with E-state index in [1.807, 2.05) is 12.2 Å². The van der Waals surface area contributed by atoms with Gasteiger partial charge in [0.25, 0.3) is 0 Å². The van der Waals surface area contributed by atoms with Crippen molar-refractivity contribution in [3.63, 3.8) is 0 Å². The molecule has 1 rings (SSSR count). The highest BCUT2D eigenvalue weighted by Crippen LogP contribution is 2.40. The third-order valence-corrected chi connectivity index (χ3v) is 3.88. The van der Waals surface area contributed by atoms with Gasteiger partial charge in [-0.1, -0.05) is 79.7 Å².